The summed E-state index contributed by atoms with van der Waals surface area (Å²) in [4.78, 5) is 13.6. The second kappa shape index (κ2) is 14.0. The van der Waals surface area contributed by atoms with Crippen molar-refractivity contribution in [3.63, 3.8) is 0 Å². The highest BCUT2D eigenvalue weighted by molar-refractivity contribution is 5.67. The summed E-state index contributed by atoms with van der Waals surface area (Å²) in [5.41, 5.74) is 1.70. The molecule has 2 unspecified atom stereocenters. The number of halogens is 1. The fourth-order valence-corrected chi connectivity index (χ4v) is 3.12. The zero-order chi connectivity index (χ0) is 22.5. The largest absolute Gasteiger partial charge is 0.373 e. The zero-order valence-corrected chi connectivity index (χ0v) is 19.9. The first kappa shape index (κ1) is 25.9. The van der Waals surface area contributed by atoms with E-state index in [0.29, 0.717) is 12.6 Å². The van der Waals surface area contributed by atoms with Crippen LogP contribution in [0.1, 0.15) is 53.9 Å². The van der Waals surface area contributed by atoms with E-state index >= 15 is 0 Å². The molecule has 1 rings (SSSR count). The molecule has 0 aliphatic carbocycles. The lowest BCUT2D eigenvalue weighted by Crippen LogP contribution is -2.45. The van der Waals surface area contributed by atoms with Gasteiger partial charge in [-0.1, -0.05) is 38.0 Å². The molecular formula is C23H41FN6. The maximum absolute atomic E-state index is 13.5. The van der Waals surface area contributed by atoms with Gasteiger partial charge in [-0.05, 0) is 39.7 Å². The highest BCUT2D eigenvalue weighted by atomic mass is 19.1. The summed E-state index contributed by atoms with van der Waals surface area (Å²) in [5, 5.41) is 6.71. The number of unbranched alkanes of at least 4 members (excludes halogenated alkanes) is 1. The number of anilines is 3. The van der Waals surface area contributed by atoms with Crippen molar-refractivity contribution in [2.45, 2.75) is 66.0 Å². The Labute approximate surface area is 182 Å². The Bertz CT molecular complexity index is 674. The molecule has 0 spiro atoms. The lowest BCUT2D eigenvalue weighted by molar-refractivity contribution is 0.472. The molecule has 1 aromatic heterocycles. The molecule has 0 aliphatic heterocycles. The van der Waals surface area contributed by atoms with E-state index in [0.717, 1.165) is 42.9 Å². The van der Waals surface area contributed by atoms with E-state index in [4.69, 9.17) is 4.98 Å². The van der Waals surface area contributed by atoms with E-state index in [1.54, 1.807) is 0 Å². The van der Waals surface area contributed by atoms with E-state index < -0.39 is 6.67 Å². The first-order chi connectivity index (χ1) is 14.4. The van der Waals surface area contributed by atoms with Crippen LogP contribution < -0.4 is 20.4 Å². The van der Waals surface area contributed by atoms with Crippen molar-refractivity contribution in [2.75, 3.05) is 49.1 Å². The number of hydrogen-bond donors (Lipinski definition) is 2. The van der Waals surface area contributed by atoms with Crippen molar-refractivity contribution in [3.05, 3.63) is 30.0 Å². The molecule has 0 fully saturated rings. The minimum Gasteiger partial charge on any atom is -0.373 e. The van der Waals surface area contributed by atoms with Gasteiger partial charge in [0, 0.05) is 32.7 Å². The van der Waals surface area contributed by atoms with Crippen LogP contribution in [0.5, 0.6) is 0 Å². The third-order valence-electron chi connectivity index (χ3n) is 5.13. The van der Waals surface area contributed by atoms with Crippen molar-refractivity contribution in [2.24, 2.45) is 0 Å². The Balaban J connectivity index is 3.21. The molecular weight excluding hydrogens is 379 g/mol. The lowest BCUT2D eigenvalue weighted by atomic mass is 10.1. The summed E-state index contributed by atoms with van der Waals surface area (Å²) in [6.07, 6.45) is 10.9. The molecule has 0 aromatic carbocycles. The van der Waals surface area contributed by atoms with Crippen molar-refractivity contribution in [1.82, 2.24) is 15.3 Å². The van der Waals surface area contributed by atoms with Gasteiger partial charge in [-0.15, -0.1) is 0 Å². The summed E-state index contributed by atoms with van der Waals surface area (Å²) < 4.78 is 13.5. The summed E-state index contributed by atoms with van der Waals surface area (Å²) >= 11 is 0. The molecule has 2 N–H and O–H groups in total. The summed E-state index contributed by atoms with van der Waals surface area (Å²) in [5.74, 6) is 1.50. The van der Waals surface area contributed by atoms with E-state index in [1.807, 2.05) is 64.2 Å². The number of rotatable bonds is 14. The minimum atomic E-state index is -0.467. The maximum Gasteiger partial charge on any atom is 0.224 e. The molecule has 1 aromatic rings. The van der Waals surface area contributed by atoms with E-state index in [2.05, 4.69) is 34.4 Å². The van der Waals surface area contributed by atoms with Gasteiger partial charge in [-0.3, -0.25) is 5.32 Å². The quantitative estimate of drug-likeness (QED) is 0.334. The van der Waals surface area contributed by atoms with Crippen LogP contribution in [-0.4, -0.2) is 56.0 Å². The van der Waals surface area contributed by atoms with Crippen LogP contribution in [-0.2, 0) is 0 Å². The summed E-state index contributed by atoms with van der Waals surface area (Å²) in [6, 6.07) is 0.200. The van der Waals surface area contributed by atoms with Gasteiger partial charge in [0.05, 0.1) is 18.6 Å². The van der Waals surface area contributed by atoms with Crippen molar-refractivity contribution < 1.29 is 4.39 Å². The molecule has 6 nitrogen and oxygen atoms in total. The number of nitrogens with zero attached hydrogens (tertiary/aromatic N) is 4. The van der Waals surface area contributed by atoms with Gasteiger partial charge < -0.3 is 15.1 Å². The number of hydrogen-bond acceptors (Lipinski definition) is 6. The third-order valence-corrected chi connectivity index (χ3v) is 5.13. The van der Waals surface area contributed by atoms with Crippen LogP contribution in [0.4, 0.5) is 21.8 Å². The maximum atomic E-state index is 13.5. The van der Waals surface area contributed by atoms with Crippen molar-refractivity contribution in [3.8, 4) is 0 Å². The van der Waals surface area contributed by atoms with Crippen LogP contribution >= 0.6 is 0 Å². The second-order valence-electron chi connectivity index (χ2n) is 7.77. The average Bonchev–Trinajstić information content (AvgIpc) is 2.73. The van der Waals surface area contributed by atoms with Crippen LogP contribution in [0.15, 0.2) is 30.0 Å². The van der Waals surface area contributed by atoms with E-state index in [-0.39, 0.29) is 12.1 Å². The Kier molecular flexibility index (Phi) is 12.0. The Morgan fingerprint density at radius 2 is 2.00 bits per heavy atom. The Morgan fingerprint density at radius 1 is 1.27 bits per heavy atom. The fourth-order valence-electron chi connectivity index (χ4n) is 3.12. The molecule has 0 amide bonds. The molecule has 0 saturated carbocycles. The topological polar surface area (TPSA) is 56.3 Å². The van der Waals surface area contributed by atoms with Crippen LogP contribution in [0.2, 0.25) is 0 Å². The average molecular weight is 421 g/mol. The molecule has 0 saturated heterocycles. The van der Waals surface area contributed by atoms with Crippen molar-refractivity contribution >= 4 is 17.5 Å². The second-order valence-corrected chi connectivity index (χ2v) is 7.77. The van der Waals surface area contributed by atoms with Gasteiger partial charge in [0.2, 0.25) is 5.95 Å². The number of aromatic nitrogens is 2. The fraction of sp³-hybridized carbons (Fsp3) is 0.652. The number of allylic oxidation sites excluding steroid dienone is 3. The molecule has 30 heavy (non-hydrogen) atoms. The molecule has 7 heteroatoms. The summed E-state index contributed by atoms with van der Waals surface area (Å²) in [7, 11) is 4.00. The lowest BCUT2D eigenvalue weighted by Gasteiger charge is -2.34. The SMILES string of the molecule is C/C=C\C=C(\CF)C(C)NCN(c1nc(NCC)ncc1N(C)C)C(C)CCCC. The standard InChI is InChI=1S/C23H41FN6/c1-8-11-13-18(4)30(17-27-19(5)20(15-24)14-12-9-2)22-21(29(6)7)16-26-23(28-22)25-10-3/h9,12,14,16,18-19,27H,8,10-11,13,15,17H2,1-7H3,(H,25,26,28)/b12-9-,20-14-. The normalized spacial score (nSPS) is 14.1. The van der Waals surface area contributed by atoms with Gasteiger partial charge in [-0.25, -0.2) is 9.37 Å². The number of alkyl halides is 1. The van der Waals surface area contributed by atoms with Gasteiger partial charge in [0.25, 0.3) is 0 Å². The minimum absolute atomic E-state index is 0.0787. The van der Waals surface area contributed by atoms with Crippen molar-refractivity contribution in [1.29, 1.82) is 0 Å². The Morgan fingerprint density at radius 3 is 2.57 bits per heavy atom. The molecule has 2 atom stereocenters. The predicted octanol–water partition coefficient (Wildman–Crippen LogP) is 4.77. The van der Waals surface area contributed by atoms with Crippen LogP contribution in [0, 0.1) is 0 Å². The zero-order valence-electron chi connectivity index (χ0n) is 19.9. The highest BCUT2D eigenvalue weighted by Gasteiger charge is 2.22. The van der Waals surface area contributed by atoms with Gasteiger partial charge in [0.1, 0.15) is 6.67 Å². The molecule has 170 valence electrons. The number of nitrogens with one attached hydrogen (secondary N) is 2. The summed E-state index contributed by atoms with van der Waals surface area (Å²) in [6.45, 7) is 11.3. The molecule has 1 heterocycles. The van der Waals surface area contributed by atoms with Gasteiger partial charge >= 0.3 is 0 Å². The predicted molar refractivity (Wildman–Crippen MR) is 128 cm³/mol. The van der Waals surface area contributed by atoms with Crippen LogP contribution in [0.3, 0.4) is 0 Å². The Hall–Kier alpha value is -2.15. The first-order valence-electron chi connectivity index (χ1n) is 11.0. The smallest absolute Gasteiger partial charge is 0.224 e. The molecule has 0 radical (unpaired) electrons. The van der Waals surface area contributed by atoms with E-state index in [9.17, 15) is 4.39 Å². The molecule has 0 bridgehead atoms. The molecule has 0 aliphatic rings. The third kappa shape index (κ3) is 7.94. The van der Waals surface area contributed by atoms with Gasteiger partial charge in [0.15, 0.2) is 5.82 Å². The first-order valence-corrected chi connectivity index (χ1v) is 11.0. The highest BCUT2D eigenvalue weighted by Crippen LogP contribution is 2.29. The van der Waals surface area contributed by atoms with Crippen LogP contribution in [0.25, 0.3) is 0 Å². The van der Waals surface area contributed by atoms with E-state index in [1.165, 1.54) is 0 Å². The monoisotopic (exact) mass is 420 g/mol. The van der Waals surface area contributed by atoms with Gasteiger partial charge in [-0.2, -0.15) is 4.98 Å².